The van der Waals surface area contributed by atoms with E-state index < -0.39 is 11.4 Å². The van der Waals surface area contributed by atoms with Crippen LogP contribution in [0.15, 0.2) is 23.8 Å². The van der Waals surface area contributed by atoms with Gasteiger partial charge < -0.3 is 15.3 Å². The van der Waals surface area contributed by atoms with Gasteiger partial charge in [-0.2, -0.15) is 0 Å². The quantitative estimate of drug-likeness (QED) is 0.673. The fourth-order valence-corrected chi connectivity index (χ4v) is 7.20. The van der Waals surface area contributed by atoms with Crippen LogP contribution in [0.3, 0.4) is 0 Å². The van der Waals surface area contributed by atoms with E-state index in [2.05, 4.69) is 26.0 Å². The van der Waals surface area contributed by atoms with E-state index in [1.54, 1.807) is 0 Å². The summed E-state index contributed by atoms with van der Waals surface area (Å²) in [6.45, 7) is 4.43. The first-order chi connectivity index (χ1) is 12.3. The maximum atomic E-state index is 12.3. The van der Waals surface area contributed by atoms with E-state index in [-0.39, 0.29) is 29.5 Å². The standard InChI is InChI=1S/C22H32O4/c1-20-8-5-15(24)13-14(20)3-4-16-17(20)6-9-21(2)18(16)7-10-22(21,11-12-23)19(25)26/h3,7,10,15-18,23-24H,4-6,8-9,11-13H2,1-2H3,(H,25,26)/t15?,16-,17+,18+,20+,21+,22+/m1/s1. The van der Waals surface area contributed by atoms with Gasteiger partial charge in [0, 0.05) is 6.61 Å². The van der Waals surface area contributed by atoms with Crippen molar-refractivity contribution in [1.82, 2.24) is 0 Å². The number of aliphatic carboxylic acids is 1. The van der Waals surface area contributed by atoms with Gasteiger partial charge in [-0.15, -0.1) is 0 Å². The van der Waals surface area contributed by atoms with Gasteiger partial charge in [0.15, 0.2) is 0 Å². The molecule has 0 aromatic heterocycles. The molecule has 26 heavy (non-hydrogen) atoms. The number of hydrogen-bond acceptors (Lipinski definition) is 3. The number of carboxylic acids is 1. The number of hydrogen-bond donors (Lipinski definition) is 3. The molecule has 2 fully saturated rings. The van der Waals surface area contributed by atoms with Crippen molar-refractivity contribution in [2.24, 2.45) is 34.0 Å². The second kappa shape index (κ2) is 5.93. The van der Waals surface area contributed by atoms with Crippen molar-refractivity contribution in [3.8, 4) is 0 Å². The Hall–Kier alpha value is -1.13. The Balaban J connectivity index is 1.70. The number of fused-ring (bicyclic) bond motifs is 5. The largest absolute Gasteiger partial charge is 0.481 e. The van der Waals surface area contributed by atoms with Gasteiger partial charge in [0.1, 0.15) is 0 Å². The van der Waals surface area contributed by atoms with Gasteiger partial charge in [-0.1, -0.05) is 37.6 Å². The molecule has 4 nitrogen and oxygen atoms in total. The molecule has 4 heteroatoms. The Kier molecular flexibility index (Phi) is 4.16. The van der Waals surface area contributed by atoms with E-state index in [1.807, 2.05) is 6.08 Å². The van der Waals surface area contributed by atoms with Crippen LogP contribution in [-0.2, 0) is 4.79 Å². The van der Waals surface area contributed by atoms with Crippen LogP contribution < -0.4 is 0 Å². The van der Waals surface area contributed by atoms with E-state index in [1.165, 1.54) is 5.57 Å². The summed E-state index contributed by atoms with van der Waals surface area (Å²) in [7, 11) is 0. The molecule has 2 saturated carbocycles. The zero-order valence-electron chi connectivity index (χ0n) is 15.9. The predicted molar refractivity (Wildman–Crippen MR) is 99.4 cm³/mol. The minimum Gasteiger partial charge on any atom is -0.481 e. The predicted octanol–water partition coefficient (Wildman–Crippen LogP) is 3.54. The van der Waals surface area contributed by atoms with E-state index in [0.29, 0.717) is 18.3 Å². The summed E-state index contributed by atoms with van der Waals surface area (Å²) in [4.78, 5) is 12.3. The van der Waals surface area contributed by atoms with Crippen molar-refractivity contribution in [3.63, 3.8) is 0 Å². The summed E-state index contributed by atoms with van der Waals surface area (Å²) in [5.41, 5.74) is 0.329. The second-order valence-corrected chi connectivity index (χ2v) is 9.64. The average molecular weight is 360 g/mol. The molecule has 4 aliphatic rings. The Morgan fingerprint density at radius 3 is 2.73 bits per heavy atom. The summed E-state index contributed by atoms with van der Waals surface area (Å²) in [6, 6.07) is 0. The third kappa shape index (κ3) is 2.18. The highest BCUT2D eigenvalue weighted by molar-refractivity contribution is 5.79. The normalized spacial score (nSPS) is 49.8. The molecule has 0 amide bonds. The van der Waals surface area contributed by atoms with E-state index in [4.69, 9.17) is 0 Å². The van der Waals surface area contributed by atoms with Crippen molar-refractivity contribution in [1.29, 1.82) is 0 Å². The zero-order chi connectivity index (χ0) is 18.7. The van der Waals surface area contributed by atoms with Crippen molar-refractivity contribution in [2.75, 3.05) is 6.61 Å². The molecule has 4 aliphatic carbocycles. The van der Waals surface area contributed by atoms with Crippen LogP contribution in [0.25, 0.3) is 0 Å². The monoisotopic (exact) mass is 360 g/mol. The molecule has 4 rings (SSSR count). The lowest BCUT2D eigenvalue weighted by Crippen LogP contribution is -2.55. The van der Waals surface area contributed by atoms with Gasteiger partial charge in [-0.05, 0) is 73.5 Å². The molecule has 7 atom stereocenters. The minimum atomic E-state index is -0.939. The fourth-order valence-electron chi connectivity index (χ4n) is 7.20. The van der Waals surface area contributed by atoms with Crippen LogP contribution in [0.5, 0.6) is 0 Å². The summed E-state index contributed by atoms with van der Waals surface area (Å²) in [6.07, 6.45) is 12.2. The summed E-state index contributed by atoms with van der Waals surface area (Å²) < 4.78 is 0. The third-order valence-corrected chi connectivity index (χ3v) is 8.82. The summed E-state index contributed by atoms with van der Waals surface area (Å²) >= 11 is 0. The van der Waals surface area contributed by atoms with Crippen molar-refractivity contribution < 1.29 is 20.1 Å². The fraction of sp³-hybridized carbons (Fsp3) is 0.773. The molecule has 0 aliphatic heterocycles. The first-order valence-electron chi connectivity index (χ1n) is 10.2. The van der Waals surface area contributed by atoms with E-state index in [9.17, 15) is 20.1 Å². The van der Waals surface area contributed by atoms with Gasteiger partial charge in [-0.25, -0.2) is 0 Å². The highest BCUT2D eigenvalue weighted by atomic mass is 16.4. The van der Waals surface area contributed by atoms with Crippen LogP contribution in [-0.4, -0.2) is 34.0 Å². The molecule has 144 valence electrons. The van der Waals surface area contributed by atoms with Gasteiger partial charge in [0.2, 0.25) is 0 Å². The molecule has 0 aromatic carbocycles. The SMILES string of the molecule is C[C@]12CCC(O)CC1=CC[C@@H]1[C@@H]2CC[C@@]2(C)[C@H]1C=C[C@]2(CCO)C(=O)O. The smallest absolute Gasteiger partial charge is 0.314 e. The minimum absolute atomic E-state index is 0.0906. The molecule has 0 heterocycles. The number of allylic oxidation sites excluding steroid dienone is 2. The Morgan fingerprint density at radius 2 is 2.04 bits per heavy atom. The summed E-state index contributed by atoms with van der Waals surface area (Å²) in [5, 5.41) is 29.7. The van der Waals surface area contributed by atoms with Crippen LogP contribution in [0, 0.1) is 34.0 Å². The molecule has 0 aromatic rings. The lowest BCUT2D eigenvalue weighted by atomic mass is 9.45. The molecule has 0 saturated heterocycles. The lowest BCUT2D eigenvalue weighted by Gasteiger charge is -2.59. The van der Waals surface area contributed by atoms with Crippen LogP contribution in [0.4, 0.5) is 0 Å². The van der Waals surface area contributed by atoms with Crippen molar-refractivity contribution in [2.45, 2.75) is 64.9 Å². The van der Waals surface area contributed by atoms with Crippen molar-refractivity contribution in [3.05, 3.63) is 23.8 Å². The van der Waals surface area contributed by atoms with Crippen LogP contribution >= 0.6 is 0 Å². The number of aliphatic hydroxyl groups is 2. The van der Waals surface area contributed by atoms with E-state index in [0.717, 1.165) is 38.5 Å². The van der Waals surface area contributed by atoms with Gasteiger partial charge in [0.25, 0.3) is 0 Å². The lowest BCUT2D eigenvalue weighted by molar-refractivity contribution is -0.161. The number of carboxylic acid groups (broad SMARTS) is 1. The second-order valence-electron chi connectivity index (χ2n) is 9.64. The molecule has 0 radical (unpaired) electrons. The van der Waals surface area contributed by atoms with Crippen molar-refractivity contribution >= 4 is 5.97 Å². The first kappa shape index (κ1) is 18.2. The number of carbonyl (C=O) groups is 1. The van der Waals surface area contributed by atoms with E-state index >= 15 is 0 Å². The van der Waals surface area contributed by atoms with Crippen LogP contribution in [0.1, 0.15) is 58.8 Å². The molecular weight excluding hydrogens is 328 g/mol. The Bertz CT molecular complexity index is 667. The highest BCUT2D eigenvalue weighted by Gasteiger charge is 2.64. The highest BCUT2D eigenvalue weighted by Crippen LogP contribution is 2.68. The van der Waals surface area contributed by atoms with Gasteiger partial charge >= 0.3 is 5.97 Å². The third-order valence-electron chi connectivity index (χ3n) is 8.82. The molecule has 1 unspecified atom stereocenters. The Labute approximate surface area is 156 Å². The first-order valence-corrected chi connectivity index (χ1v) is 10.2. The molecule has 0 bridgehead atoms. The Morgan fingerprint density at radius 1 is 1.27 bits per heavy atom. The van der Waals surface area contributed by atoms with Gasteiger partial charge in [-0.3, -0.25) is 4.79 Å². The number of aliphatic hydroxyl groups excluding tert-OH is 2. The van der Waals surface area contributed by atoms with Gasteiger partial charge in [0.05, 0.1) is 11.5 Å². The molecular formula is C22H32O4. The topological polar surface area (TPSA) is 77.8 Å². The summed E-state index contributed by atoms with van der Waals surface area (Å²) in [5.74, 6) is 0.501. The average Bonchev–Trinajstić information content (AvgIpc) is 2.90. The molecule has 3 N–H and O–H groups in total. The van der Waals surface area contributed by atoms with Crippen LogP contribution in [0.2, 0.25) is 0 Å². The zero-order valence-corrected chi connectivity index (χ0v) is 15.9. The molecule has 0 spiro atoms. The maximum Gasteiger partial charge on any atom is 0.314 e. The number of rotatable bonds is 3. The maximum absolute atomic E-state index is 12.3.